The van der Waals surface area contributed by atoms with Gasteiger partial charge in [0.25, 0.3) is 0 Å². The molecule has 0 saturated heterocycles. The van der Waals surface area contributed by atoms with Gasteiger partial charge >= 0.3 is 5.97 Å². The van der Waals surface area contributed by atoms with Crippen LogP contribution in [-0.2, 0) is 0 Å². The van der Waals surface area contributed by atoms with Crippen molar-refractivity contribution in [1.82, 2.24) is 10.2 Å². The number of carbonyl (C=O) groups is 1. The molecule has 5 heteroatoms. The first-order valence-electron chi connectivity index (χ1n) is 7.49. The van der Waals surface area contributed by atoms with Crippen molar-refractivity contribution in [1.29, 1.82) is 0 Å². The number of fused-ring (bicyclic) bond motifs is 1. The molecule has 0 unspecified atom stereocenters. The summed E-state index contributed by atoms with van der Waals surface area (Å²) in [5.41, 5.74) is 1.61. The third kappa shape index (κ3) is 2.33. The zero-order valence-electron chi connectivity index (χ0n) is 11.7. The number of carboxylic acids is 1. The number of aromatic carboxylic acids is 1. The Hall–Kier alpha value is -2.17. The number of benzene rings is 1. The van der Waals surface area contributed by atoms with E-state index in [1.54, 1.807) is 0 Å². The molecular weight excluding hydrogens is 266 g/mol. The Labute approximate surface area is 122 Å². The maximum absolute atomic E-state index is 11.6. The number of anilines is 1. The summed E-state index contributed by atoms with van der Waals surface area (Å²) in [4.78, 5) is 13.9. The van der Waals surface area contributed by atoms with Crippen LogP contribution < -0.4 is 4.90 Å². The van der Waals surface area contributed by atoms with Crippen LogP contribution in [0.4, 0.5) is 5.69 Å². The van der Waals surface area contributed by atoms with E-state index < -0.39 is 5.97 Å². The standard InChI is InChI=1S/C16H17N3O2/c20-16(21)14-15(12-3-1-2-4-13(12)17-18-14)19(11-7-8-11)9-10-5-6-10/h1-4,10-11H,5-9H2,(H,20,21). The number of nitrogens with zero attached hydrogens (tertiary/aromatic N) is 3. The van der Waals surface area contributed by atoms with Crippen molar-refractivity contribution in [3.63, 3.8) is 0 Å². The lowest BCUT2D eigenvalue weighted by molar-refractivity contribution is 0.0690. The molecule has 1 aromatic heterocycles. The molecule has 0 aliphatic heterocycles. The Morgan fingerprint density at radius 2 is 1.95 bits per heavy atom. The molecule has 4 rings (SSSR count). The maximum Gasteiger partial charge on any atom is 0.358 e. The van der Waals surface area contributed by atoms with Crippen molar-refractivity contribution in [2.45, 2.75) is 31.7 Å². The number of carboxylic acid groups (broad SMARTS) is 1. The lowest BCUT2D eigenvalue weighted by Crippen LogP contribution is -2.30. The van der Waals surface area contributed by atoms with Crippen LogP contribution in [0.15, 0.2) is 24.3 Å². The fourth-order valence-electron chi connectivity index (χ4n) is 2.86. The van der Waals surface area contributed by atoms with Crippen molar-refractivity contribution in [3.8, 4) is 0 Å². The highest BCUT2D eigenvalue weighted by molar-refractivity contribution is 6.03. The molecule has 0 radical (unpaired) electrons. The summed E-state index contributed by atoms with van der Waals surface area (Å²) in [6.45, 7) is 0.945. The Balaban J connectivity index is 1.89. The van der Waals surface area contributed by atoms with Crippen LogP contribution in [0.5, 0.6) is 0 Å². The second-order valence-electron chi connectivity index (χ2n) is 6.05. The zero-order valence-corrected chi connectivity index (χ0v) is 11.7. The van der Waals surface area contributed by atoms with E-state index >= 15 is 0 Å². The van der Waals surface area contributed by atoms with Gasteiger partial charge in [-0.15, -0.1) is 10.2 Å². The summed E-state index contributed by atoms with van der Waals surface area (Å²) >= 11 is 0. The van der Waals surface area contributed by atoms with Gasteiger partial charge < -0.3 is 10.0 Å². The Kier molecular flexibility index (Phi) is 2.80. The fourth-order valence-corrected chi connectivity index (χ4v) is 2.86. The monoisotopic (exact) mass is 283 g/mol. The quantitative estimate of drug-likeness (QED) is 0.914. The second kappa shape index (κ2) is 4.69. The van der Waals surface area contributed by atoms with Crippen molar-refractivity contribution in [2.75, 3.05) is 11.4 Å². The molecule has 5 nitrogen and oxygen atoms in total. The molecule has 108 valence electrons. The Morgan fingerprint density at radius 1 is 1.19 bits per heavy atom. The molecule has 21 heavy (non-hydrogen) atoms. The highest BCUT2D eigenvalue weighted by atomic mass is 16.4. The van der Waals surface area contributed by atoms with Crippen LogP contribution in [0.1, 0.15) is 36.2 Å². The molecule has 2 aromatic rings. The van der Waals surface area contributed by atoms with Crippen LogP contribution in [0.2, 0.25) is 0 Å². The maximum atomic E-state index is 11.6. The minimum absolute atomic E-state index is 0.0845. The van der Waals surface area contributed by atoms with E-state index in [4.69, 9.17) is 0 Å². The second-order valence-corrected chi connectivity index (χ2v) is 6.05. The summed E-state index contributed by atoms with van der Waals surface area (Å²) in [6.07, 6.45) is 4.79. The van der Waals surface area contributed by atoms with Gasteiger partial charge in [-0.3, -0.25) is 0 Å². The van der Waals surface area contributed by atoms with Gasteiger partial charge in [-0.05, 0) is 37.7 Å². The smallest absolute Gasteiger partial charge is 0.358 e. The molecular formula is C16H17N3O2. The summed E-state index contributed by atoms with van der Waals surface area (Å²) in [7, 11) is 0. The van der Waals surface area contributed by atoms with Crippen LogP contribution in [-0.4, -0.2) is 33.9 Å². The third-order valence-corrected chi connectivity index (χ3v) is 4.27. The van der Waals surface area contributed by atoms with Gasteiger partial charge in [0.15, 0.2) is 5.69 Å². The van der Waals surface area contributed by atoms with E-state index in [0.717, 1.165) is 36.0 Å². The average molecular weight is 283 g/mol. The van der Waals surface area contributed by atoms with Crippen molar-refractivity contribution in [3.05, 3.63) is 30.0 Å². The van der Waals surface area contributed by atoms with Crippen LogP contribution in [0.3, 0.4) is 0 Å². The first kappa shape index (κ1) is 12.6. The molecule has 1 heterocycles. The normalized spacial score (nSPS) is 17.9. The molecule has 2 aliphatic rings. The predicted molar refractivity (Wildman–Crippen MR) is 79.6 cm³/mol. The summed E-state index contributed by atoms with van der Waals surface area (Å²) < 4.78 is 0. The topological polar surface area (TPSA) is 66.3 Å². The SMILES string of the molecule is O=C(O)c1nnc2ccccc2c1N(CC1CC1)C1CC1. The van der Waals surface area contributed by atoms with E-state index in [0.29, 0.717) is 12.0 Å². The number of rotatable bonds is 5. The first-order valence-corrected chi connectivity index (χ1v) is 7.49. The predicted octanol–water partition coefficient (Wildman–Crippen LogP) is 2.71. The highest BCUT2D eigenvalue weighted by Gasteiger charge is 2.37. The fraction of sp³-hybridized carbons (Fsp3) is 0.438. The van der Waals surface area contributed by atoms with E-state index in [-0.39, 0.29) is 5.69 Å². The van der Waals surface area contributed by atoms with Gasteiger partial charge in [-0.25, -0.2) is 4.79 Å². The van der Waals surface area contributed by atoms with Crippen molar-refractivity contribution >= 4 is 22.6 Å². The van der Waals surface area contributed by atoms with E-state index in [1.807, 2.05) is 24.3 Å². The lowest BCUT2D eigenvalue weighted by atomic mass is 10.1. The minimum atomic E-state index is -0.996. The molecule has 0 bridgehead atoms. The Bertz CT molecular complexity index is 708. The summed E-state index contributed by atoms with van der Waals surface area (Å²) in [5.74, 6) is -0.288. The van der Waals surface area contributed by atoms with Crippen LogP contribution in [0.25, 0.3) is 10.9 Å². The summed E-state index contributed by atoms with van der Waals surface area (Å²) in [5, 5.41) is 18.4. The van der Waals surface area contributed by atoms with Crippen LogP contribution in [0, 0.1) is 5.92 Å². The largest absolute Gasteiger partial charge is 0.476 e. The van der Waals surface area contributed by atoms with Crippen LogP contribution >= 0.6 is 0 Å². The molecule has 2 saturated carbocycles. The van der Waals surface area contributed by atoms with Gasteiger partial charge in [-0.2, -0.15) is 0 Å². The van der Waals surface area contributed by atoms with E-state index in [9.17, 15) is 9.90 Å². The molecule has 1 N–H and O–H groups in total. The first-order chi connectivity index (χ1) is 10.2. The molecule has 0 amide bonds. The Morgan fingerprint density at radius 3 is 2.62 bits per heavy atom. The van der Waals surface area contributed by atoms with Crippen molar-refractivity contribution in [2.24, 2.45) is 5.92 Å². The molecule has 0 spiro atoms. The third-order valence-electron chi connectivity index (χ3n) is 4.27. The average Bonchev–Trinajstić information content (AvgIpc) is 3.37. The molecule has 2 aliphatic carbocycles. The number of hydrogen-bond donors (Lipinski definition) is 1. The molecule has 1 aromatic carbocycles. The van der Waals surface area contributed by atoms with Gasteiger partial charge in [0, 0.05) is 18.0 Å². The van der Waals surface area contributed by atoms with Gasteiger partial charge in [-0.1, -0.05) is 18.2 Å². The van der Waals surface area contributed by atoms with E-state index in [2.05, 4.69) is 15.1 Å². The summed E-state index contributed by atoms with van der Waals surface area (Å²) in [6, 6.07) is 8.15. The van der Waals surface area contributed by atoms with Gasteiger partial charge in [0.2, 0.25) is 0 Å². The molecule has 0 atom stereocenters. The zero-order chi connectivity index (χ0) is 14.4. The van der Waals surface area contributed by atoms with Crippen molar-refractivity contribution < 1.29 is 9.90 Å². The lowest BCUT2D eigenvalue weighted by Gasteiger charge is -2.26. The van der Waals surface area contributed by atoms with E-state index in [1.165, 1.54) is 12.8 Å². The number of hydrogen-bond acceptors (Lipinski definition) is 4. The van der Waals surface area contributed by atoms with Gasteiger partial charge in [0.1, 0.15) is 0 Å². The van der Waals surface area contributed by atoms with Gasteiger partial charge in [0.05, 0.1) is 11.2 Å². The molecule has 2 fully saturated rings. The number of aromatic nitrogens is 2. The highest BCUT2D eigenvalue weighted by Crippen LogP contribution is 2.40. The minimum Gasteiger partial charge on any atom is -0.476 e.